The number of pyridine rings is 2. The molecule has 0 spiro atoms. The summed E-state index contributed by atoms with van der Waals surface area (Å²) in [5, 5.41) is 12.5. The Morgan fingerprint density at radius 3 is 2.71 bits per heavy atom. The number of nitrogens with one attached hydrogen (secondary N) is 1. The molecular formula is C23H23N3O2. The zero-order chi connectivity index (χ0) is 19.7. The zero-order valence-corrected chi connectivity index (χ0v) is 16.0. The molecule has 28 heavy (non-hydrogen) atoms. The summed E-state index contributed by atoms with van der Waals surface area (Å²) >= 11 is 0. The molecule has 0 bridgehead atoms. The first-order chi connectivity index (χ1) is 13.5. The Morgan fingerprint density at radius 1 is 1.18 bits per heavy atom. The molecule has 1 saturated carbocycles. The molecule has 5 nitrogen and oxygen atoms in total. The van der Waals surface area contributed by atoms with Crippen molar-refractivity contribution < 1.29 is 9.90 Å². The van der Waals surface area contributed by atoms with Crippen LogP contribution in [0.2, 0.25) is 0 Å². The van der Waals surface area contributed by atoms with Gasteiger partial charge in [-0.25, -0.2) is 4.98 Å². The SMILES string of the molecule is Cc1cccc(CNc2ccc(-c3ccc(C)c([C@H]4C[C@@H]4C(=O)O)n3)cn2)c1. The van der Waals surface area contributed by atoms with Crippen molar-refractivity contribution in [1.29, 1.82) is 0 Å². The summed E-state index contributed by atoms with van der Waals surface area (Å²) in [6, 6.07) is 16.3. The van der Waals surface area contributed by atoms with E-state index in [9.17, 15) is 9.90 Å². The van der Waals surface area contributed by atoms with Gasteiger partial charge < -0.3 is 10.4 Å². The van der Waals surface area contributed by atoms with Crippen molar-refractivity contribution in [3.8, 4) is 11.3 Å². The number of aryl methyl sites for hydroxylation is 2. The fraction of sp³-hybridized carbons (Fsp3) is 0.261. The predicted molar refractivity (Wildman–Crippen MR) is 109 cm³/mol. The summed E-state index contributed by atoms with van der Waals surface area (Å²) in [6.45, 7) is 4.79. The van der Waals surface area contributed by atoms with Crippen LogP contribution in [-0.2, 0) is 11.3 Å². The molecule has 142 valence electrons. The normalized spacial score (nSPS) is 17.9. The maximum atomic E-state index is 11.2. The van der Waals surface area contributed by atoms with Crippen LogP contribution in [0.3, 0.4) is 0 Å². The third-order valence-electron chi connectivity index (χ3n) is 5.21. The van der Waals surface area contributed by atoms with Crippen molar-refractivity contribution >= 4 is 11.8 Å². The second kappa shape index (κ2) is 7.43. The van der Waals surface area contributed by atoms with E-state index in [0.717, 1.165) is 34.9 Å². The molecule has 3 aromatic rings. The highest BCUT2D eigenvalue weighted by Crippen LogP contribution is 2.48. The summed E-state index contributed by atoms with van der Waals surface area (Å²) in [5.41, 5.74) is 6.15. The minimum atomic E-state index is -0.734. The summed E-state index contributed by atoms with van der Waals surface area (Å²) in [5.74, 6) is -0.193. The second-order valence-corrected chi connectivity index (χ2v) is 7.46. The standard InChI is InChI=1S/C23H23N3O2/c1-14-4-3-5-16(10-14)12-24-21-9-7-17(13-25-21)20-8-6-15(2)22(26-20)18-11-19(18)23(27)28/h3-10,13,18-19H,11-12H2,1-2H3,(H,24,25)(H,27,28)/t18-,19-/m0/s1. The van der Waals surface area contributed by atoms with E-state index in [1.54, 1.807) is 0 Å². The number of rotatable bonds is 6. The number of benzene rings is 1. The van der Waals surface area contributed by atoms with Crippen LogP contribution in [0, 0.1) is 19.8 Å². The number of hydrogen-bond donors (Lipinski definition) is 2. The monoisotopic (exact) mass is 373 g/mol. The molecule has 2 N–H and O–H groups in total. The highest BCUT2D eigenvalue weighted by molar-refractivity contribution is 5.75. The van der Waals surface area contributed by atoms with Gasteiger partial charge in [-0.05, 0) is 49.6 Å². The summed E-state index contributed by atoms with van der Waals surface area (Å²) < 4.78 is 0. The van der Waals surface area contributed by atoms with Crippen LogP contribution in [0.15, 0.2) is 54.7 Å². The third kappa shape index (κ3) is 3.88. The molecule has 1 fully saturated rings. The molecular weight excluding hydrogens is 350 g/mol. The molecule has 1 aromatic carbocycles. The summed E-state index contributed by atoms with van der Waals surface area (Å²) in [4.78, 5) is 20.4. The van der Waals surface area contributed by atoms with Gasteiger partial charge in [0.05, 0.1) is 11.6 Å². The molecule has 2 heterocycles. The summed E-state index contributed by atoms with van der Waals surface area (Å²) in [7, 11) is 0. The molecule has 0 unspecified atom stereocenters. The number of hydrogen-bond acceptors (Lipinski definition) is 4. The highest BCUT2D eigenvalue weighted by Gasteiger charge is 2.45. The molecule has 0 amide bonds. The van der Waals surface area contributed by atoms with E-state index in [0.29, 0.717) is 6.42 Å². The number of carboxylic acid groups (broad SMARTS) is 1. The number of carbonyl (C=O) groups is 1. The van der Waals surface area contributed by atoms with Crippen LogP contribution < -0.4 is 5.32 Å². The van der Waals surface area contributed by atoms with Gasteiger partial charge in [0.2, 0.25) is 0 Å². The van der Waals surface area contributed by atoms with E-state index in [1.165, 1.54) is 11.1 Å². The average molecular weight is 373 g/mol. The number of aromatic nitrogens is 2. The van der Waals surface area contributed by atoms with Crippen molar-refractivity contribution in [1.82, 2.24) is 9.97 Å². The number of carboxylic acids is 1. The van der Waals surface area contributed by atoms with Gasteiger partial charge in [0.15, 0.2) is 0 Å². The van der Waals surface area contributed by atoms with Gasteiger partial charge in [0, 0.05) is 29.9 Å². The minimum absolute atomic E-state index is 0.0284. The molecule has 0 radical (unpaired) electrons. The Bertz CT molecular complexity index is 1010. The lowest BCUT2D eigenvalue weighted by atomic mass is 10.1. The van der Waals surface area contributed by atoms with Crippen molar-refractivity contribution in [2.45, 2.75) is 32.7 Å². The third-order valence-corrected chi connectivity index (χ3v) is 5.21. The Hall–Kier alpha value is -3.21. The lowest BCUT2D eigenvalue weighted by Crippen LogP contribution is -2.03. The van der Waals surface area contributed by atoms with Crippen LogP contribution in [0.1, 0.15) is 34.7 Å². The van der Waals surface area contributed by atoms with E-state index >= 15 is 0 Å². The Labute approximate surface area is 164 Å². The fourth-order valence-corrected chi connectivity index (χ4v) is 3.52. The van der Waals surface area contributed by atoms with E-state index in [1.807, 2.05) is 37.4 Å². The maximum absolute atomic E-state index is 11.2. The van der Waals surface area contributed by atoms with E-state index < -0.39 is 5.97 Å². The van der Waals surface area contributed by atoms with Crippen LogP contribution in [0.5, 0.6) is 0 Å². The van der Waals surface area contributed by atoms with Gasteiger partial charge in [-0.2, -0.15) is 0 Å². The molecule has 0 saturated heterocycles. The van der Waals surface area contributed by atoms with E-state index in [4.69, 9.17) is 4.98 Å². The molecule has 5 heteroatoms. The largest absolute Gasteiger partial charge is 0.481 e. The quantitative estimate of drug-likeness (QED) is 0.662. The molecule has 1 aliphatic rings. The topological polar surface area (TPSA) is 75.1 Å². The Kier molecular flexibility index (Phi) is 4.82. The van der Waals surface area contributed by atoms with Gasteiger partial charge >= 0.3 is 5.97 Å². The van der Waals surface area contributed by atoms with Crippen molar-refractivity contribution in [2.24, 2.45) is 5.92 Å². The molecule has 1 aliphatic carbocycles. The average Bonchev–Trinajstić information content (AvgIpc) is 3.48. The zero-order valence-electron chi connectivity index (χ0n) is 16.0. The highest BCUT2D eigenvalue weighted by atomic mass is 16.4. The second-order valence-electron chi connectivity index (χ2n) is 7.46. The number of nitrogens with zero attached hydrogens (tertiary/aromatic N) is 2. The van der Waals surface area contributed by atoms with E-state index in [-0.39, 0.29) is 11.8 Å². The van der Waals surface area contributed by atoms with Gasteiger partial charge in [0.25, 0.3) is 0 Å². The van der Waals surface area contributed by atoms with Gasteiger partial charge in [-0.3, -0.25) is 9.78 Å². The molecule has 0 aliphatic heterocycles. The number of anilines is 1. The van der Waals surface area contributed by atoms with Crippen molar-refractivity contribution in [3.63, 3.8) is 0 Å². The van der Waals surface area contributed by atoms with E-state index in [2.05, 4.69) is 41.5 Å². The predicted octanol–water partition coefficient (Wildman–Crippen LogP) is 4.56. The smallest absolute Gasteiger partial charge is 0.307 e. The summed E-state index contributed by atoms with van der Waals surface area (Å²) in [6.07, 6.45) is 2.48. The first kappa shape index (κ1) is 18.2. The molecule has 4 rings (SSSR count). The lowest BCUT2D eigenvalue weighted by molar-refractivity contribution is -0.138. The van der Waals surface area contributed by atoms with Gasteiger partial charge in [0.1, 0.15) is 5.82 Å². The van der Waals surface area contributed by atoms with Crippen LogP contribution in [0.25, 0.3) is 11.3 Å². The van der Waals surface area contributed by atoms with Crippen molar-refractivity contribution in [3.05, 3.63) is 77.1 Å². The van der Waals surface area contributed by atoms with Crippen LogP contribution in [0.4, 0.5) is 5.82 Å². The Balaban J connectivity index is 1.47. The fourth-order valence-electron chi connectivity index (χ4n) is 3.52. The van der Waals surface area contributed by atoms with Gasteiger partial charge in [-0.15, -0.1) is 0 Å². The Morgan fingerprint density at radius 2 is 2.04 bits per heavy atom. The maximum Gasteiger partial charge on any atom is 0.307 e. The first-order valence-electron chi connectivity index (χ1n) is 9.47. The van der Waals surface area contributed by atoms with Gasteiger partial charge in [-0.1, -0.05) is 35.9 Å². The molecule has 2 aromatic heterocycles. The number of aliphatic carboxylic acids is 1. The minimum Gasteiger partial charge on any atom is -0.481 e. The lowest BCUT2D eigenvalue weighted by Gasteiger charge is -2.09. The van der Waals surface area contributed by atoms with Crippen molar-refractivity contribution in [2.75, 3.05) is 5.32 Å². The van der Waals surface area contributed by atoms with Crippen LogP contribution >= 0.6 is 0 Å². The first-order valence-corrected chi connectivity index (χ1v) is 9.47. The molecule has 2 atom stereocenters. The van der Waals surface area contributed by atoms with Crippen LogP contribution in [-0.4, -0.2) is 21.0 Å².